The summed E-state index contributed by atoms with van der Waals surface area (Å²) >= 11 is 0. The number of hydrogen-bond acceptors (Lipinski definition) is 2. The molecule has 0 aromatic heterocycles. The van der Waals surface area contributed by atoms with Crippen LogP contribution in [0, 0.1) is 11.8 Å². The molecule has 1 amide bonds. The van der Waals surface area contributed by atoms with E-state index < -0.39 is 0 Å². The molecule has 3 nitrogen and oxygen atoms in total. The third kappa shape index (κ3) is 4.61. The van der Waals surface area contributed by atoms with Crippen molar-refractivity contribution in [2.24, 2.45) is 17.6 Å². The van der Waals surface area contributed by atoms with Crippen molar-refractivity contribution in [1.82, 2.24) is 5.32 Å². The third-order valence-corrected chi connectivity index (χ3v) is 2.88. The van der Waals surface area contributed by atoms with Gasteiger partial charge in [-0.05, 0) is 11.8 Å². The topological polar surface area (TPSA) is 55.1 Å². The third-order valence-electron chi connectivity index (χ3n) is 2.88. The predicted octanol–water partition coefficient (Wildman–Crippen LogP) is 1.52. The van der Waals surface area contributed by atoms with Crippen molar-refractivity contribution >= 4 is 5.91 Å². The summed E-state index contributed by atoms with van der Waals surface area (Å²) in [5.41, 5.74) is 5.79. The first-order chi connectivity index (χ1) is 6.52. The molecule has 14 heavy (non-hydrogen) atoms. The maximum absolute atomic E-state index is 11.5. The number of nitrogens with one attached hydrogen (secondary N) is 1. The SMILES string of the molecule is CCC(C)CNC(=O)[C@@H](N)[C@@H](C)CC. The van der Waals surface area contributed by atoms with Crippen LogP contribution in [0.3, 0.4) is 0 Å². The van der Waals surface area contributed by atoms with Gasteiger partial charge < -0.3 is 11.1 Å². The molecule has 0 aromatic rings. The lowest BCUT2D eigenvalue weighted by Gasteiger charge is -2.19. The quantitative estimate of drug-likeness (QED) is 0.683. The molecule has 0 aromatic carbocycles. The van der Waals surface area contributed by atoms with Gasteiger partial charge >= 0.3 is 0 Å². The molecule has 84 valence electrons. The van der Waals surface area contributed by atoms with Crippen molar-refractivity contribution in [2.75, 3.05) is 6.54 Å². The van der Waals surface area contributed by atoms with Crippen LogP contribution in [0.4, 0.5) is 0 Å². The Morgan fingerprint density at radius 3 is 2.29 bits per heavy atom. The molecule has 0 spiro atoms. The maximum Gasteiger partial charge on any atom is 0.237 e. The minimum atomic E-state index is -0.357. The second kappa shape index (κ2) is 6.82. The van der Waals surface area contributed by atoms with Crippen molar-refractivity contribution in [3.8, 4) is 0 Å². The van der Waals surface area contributed by atoms with Gasteiger partial charge in [0.15, 0.2) is 0 Å². The van der Waals surface area contributed by atoms with Gasteiger partial charge in [-0.3, -0.25) is 4.79 Å². The van der Waals surface area contributed by atoms with Crippen molar-refractivity contribution in [1.29, 1.82) is 0 Å². The van der Waals surface area contributed by atoms with E-state index in [0.717, 1.165) is 19.4 Å². The van der Waals surface area contributed by atoms with E-state index in [4.69, 9.17) is 5.73 Å². The van der Waals surface area contributed by atoms with Crippen molar-refractivity contribution in [2.45, 2.75) is 46.6 Å². The fourth-order valence-corrected chi connectivity index (χ4v) is 1.05. The van der Waals surface area contributed by atoms with Crippen LogP contribution in [-0.2, 0) is 4.79 Å². The maximum atomic E-state index is 11.5. The normalized spacial score (nSPS) is 17.2. The highest BCUT2D eigenvalue weighted by molar-refractivity contribution is 5.81. The zero-order chi connectivity index (χ0) is 11.1. The smallest absolute Gasteiger partial charge is 0.237 e. The van der Waals surface area contributed by atoms with Gasteiger partial charge in [0.1, 0.15) is 0 Å². The molecule has 0 saturated heterocycles. The minimum Gasteiger partial charge on any atom is -0.354 e. The lowest BCUT2D eigenvalue weighted by Crippen LogP contribution is -2.45. The highest BCUT2D eigenvalue weighted by atomic mass is 16.2. The molecule has 3 atom stereocenters. The molecule has 0 radical (unpaired) electrons. The van der Waals surface area contributed by atoms with Crippen LogP contribution in [0.15, 0.2) is 0 Å². The van der Waals surface area contributed by atoms with E-state index in [-0.39, 0.29) is 17.9 Å². The Balaban J connectivity index is 3.84. The first-order valence-electron chi connectivity index (χ1n) is 5.56. The van der Waals surface area contributed by atoms with Gasteiger partial charge in [-0.2, -0.15) is 0 Å². The summed E-state index contributed by atoms with van der Waals surface area (Å²) in [4.78, 5) is 11.5. The summed E-state index contributed by atoms with van der Waals surface area (Å²) in [5.74, 6) is 0.773. The number of nitrogens with two attached hydrogens (primary N) is 1. The van der Waals surface area contributed by atoms with Gasteiger partial charge in [0.05, 0.1) is 6.04 Å². The van der Waals surface area contributed by atoms with Crippen molar-refractivity contribution < 1.29 is 4.79 Å². The monoisotopic (exact) mass is 200 g/mol. The lowest BCUT2D eigenvalue weighted by molar-refractivity contribution is -0.123. The second-order valence-corrected chi connectivity index (χ2v) is 4.17. The minimum absolute atomic E-state index is 0.0142. The van der Waals surface area contributed by atoms with Gasteiger partial charge in [0.25, 0.3) is 0 Å². The van der Waals surface area contributed by atoms with E-state index in [1.165, 1.54) is 0 Å². The molecule has 0 rings (SSSR count). The van der Waals surface area contributed by atoms with E-state index in [0.29, 0.717) is 5.92 Å². The van der Waals surface area contributed by atoms with Crippen LogP contribution in [0.25, 0.3) is 0 Å². The average Bonchev–Trinajstić information content (AvgIpc) is 2.22. The Morgan fingerprint density at radius 2 is 1.86 bits per heavy atom. The fraction of sp³-hybridized carbons (Fsp3) is 0.909. The molecule has 3 heteroatoms. The Kier molecular flexibility index (Phi) is 6.54. The van der Waals surface area contributed by atoms with E-state index in [1.807, 2.05) is 13.8 Å². The molecule has 0 aliphatic rings. The highest BCUT2D eigenvalue weighted by Gasteiger charge is 2.18. The van der Waals surface area contributed by atoms with Gasteiger partial charge in [0.2, 0.25) is 5.91 Å². The summed E-state index contributed by atoms with van der Waals surface area (Å²) in [6.07, 6.45) is 2.02. The standard InChI is InChI=1S/C11H24N2O/c1-5-8(3)7-13-11(14)10(12)9(4)6-2/h8-10H,5-7,12H2,1-4H3,(H,13,14)/t8?,9-,10-/m0/s1. The summed E-state index contributed by atoms with van der Waals surface area (Å²) in [6, 6.07) is -0.357. The first-order valence-corrected chi connectivity index (χ1v) is 5.56. The Labute approximate surface area is 87.4 Å². The Bertz CT molecular complexity index is 171. The van der Waals surface area contributed by atoms with Crippen LogP contribution in [-0.4, -0.2) is 18.5 Å². The number of amides is 1. The van der Waals surface area contributed by atoms with Crippen LogP contribution in [0.2, 0.25) is 0 Å². The summed E-state index contributed by atoms with van der Waals surface area (Å²) in [6.45, 7) is 9.03. The molecule has 0 aliphatic carbocycles. The predicted molar refractivity (Wildman–Crippen MR) is 59.9 cm³/mol. The van der Waals surface area contributed by atoms with Crippen LogP contribution in [0.1, 0.15) is 40.5 Å². The molecule has 0 heterocycles. The summed E-state index contributed by atoms with van der Waals surface area (Å²) in [5, 5.41) is 2.88. The average molecular weight is 200 g/mol. The molecular formula is C11H24N2O. The molecule has 0 fully saturated rings. The number of carbonyl (C=O) groups is 1. The van der Waals surface area contributed by atoms with E-state index in [2.05, 4.69) is 19.2 Å². The van der Waals surface area contributed by atoms with Gasteiger partial charge in [-0.15, -0.1) is 0 Å². The molecule has 3 N–H and O–H groups in total. The van der Waals surface area contributed by atoms with Crippen LogP contribution >= 0.6 is 0 Å². The van der Waals surface area contributed by atoms with Crippen LogP contribution in [0.5, 0.6) is 0 Å². The first kappa shape index (κ1) is 13.4. The number of hydrogen-bond donors (Lipinski definition) is 2. The molecule has 1 unspecified atom stereocenters. The Morgan fingerprint density at radius 1 is 1.29 bits per heavy atom. The zero-order valence-corrected chi connectivity index (χ0v) is 9.84. The largest absolute Gasteiger partial charge is 0.354 e. The lowest BCUT2D eigenvalue weighted by atomic mass is 9.99. The van der Waals surface area contributed by atoms with Gasteiger partial charge in [-0.25, -0.2) is 0 Å². The zero-order valence-electron chi connectivity index (χ0n) is 9.84. The Hall–Kier alpha value is -0.570. The number of rotatable bonds is 6. The summed E-state index contributed by atoms with van der Waals surface area (Å²) in [7, 11) is 0. The molecule has 0 aliphatic heterocycles. The fourth-order valence-electron chi connectivity index (χ4n) is 1.05. The second-order valence-electron chi connectivity index (χ2n) is 4.17. The van der Waals surface area contributed by atoms with Gasteiger partial charge in [-0.1, -0.05) is 40.5 Å². The van der Waals surface area contributed by atoms with Crippen molar-refractivity contribution in [3.63, 3.8) is 0 Å². The van der Waals surface area contributed by atoms with E-state index in [1.54, 1.807) is 0 Å². The number of carbonyl (C=O) groups excluding carboxylic acids is 1. The highest BCUT2D eigenvalue weighted by Crippen LogP contribution is 2.05. The van der Waals surface area contributed by atoms with Crippen LogP contribution < -0.4 is 11.1 Å². The van der Waals surface area contributed by atoms with E-state index in [9.17, 15) is 4.79 Å². The molecule has 0 saturated carbocycles. The molecular weight excluding hydrogens is 176 g/mol. The molecule has 0 bridgehead atoms. The van der Waals surface area contributed by atoms with Crippen molar-refractivity contribution in [3.05, 3.63) is 0 Å². The van der Waals surface area contributed by atoms with E-state index >= 15 is 0 Å². The van der Waals surface area contributed by atoms with Gasteiger partial charge in [0, 0.05) is 6.54 Å². The summed E-state index contributed by atoms with van der Waals surface area (Å²) < 4.78 is 0.